The fourth-order valence-corrected chi connectivity index (χ4v) is 5.86. The molecule has 10 nitrogen and oxygen atoms in total. The first-order chi connectivity index (χ1) is 16.1. The number of hydrogen-bond donors (Lipinski definition) is 0. The Balaban J connectivity index is 1.38. The zero-order valence-corrected chi connectivity index (χ0v) is 19.5. The van der Waals surface area contributed by atoms with Crippen LogP contribution in [0.3, 0.4) is 0 Å². The highest BCUT2D eigenvalue weighted by Gasteiger charge is 2.27. The molecule has 4 heterocycles. The maximum Gasteiger partial charge on any atom is 0.277 e. The van der Waals surface area contributed by atoms with Crippen molar-refractivity contribution in [3.05, 3.63) is 48.5 Å². The molecule has 1 aromatic carbocycles. The lowest BCUT2D eigenvalue weighted by molar-refractivity contribution is 0.0730. The third-order valence-corrected chi connectivity index (χ3v) is 8.09. The summed E-state index contributed by atoms with van der Waals surface area (Å²) in [6.07, 6.45) is 3.34. The van der Waals surface area contributed by atoms with E-state index in [0.29, 0.717) is 55.2 Å². The van der Waals surface area contributed by atoms with Crippen LogP contribution in [0, 0.1) is 0 Å². The van der Waals surface area contributed by atoms with Crippen molar-refractivity contribution in [3.63, 3.8) is 0 Å². The van der Waals surface area contributed by atoms with Gasteiger partial charge in [-0.05, 0) is 37.3 Å². The van der Waals surface area contributed by atoms with Gasteiger partial charge in [0.1, 0.15) is 5.82 Å². The normalized spacial score (nSPS) is 15.3. The minimum atomic E-state index is -3.58. The van der Waals surface area contributed by atoms with Crippen LogP contribution in [0.1, 0.15) is 12.7 Å². The molecule has 5 rings (SSSR count). The number of nitrogens with zero attached hydrogens (tertiary/aromatic N) is 6. The van der Waals surface area contributed by atoms with Crippen LogP contribution in [0.2, 0.25) is 0 Å². The van der Waals surface area contributed by atoms with Crippen molar-refractivity contribution in [2.45, 2.75) is 29.3 Å². The molecule has 33 heavy (non-hydrogen) atoms. The molecule has 12 heteroatoms. The summed E-state index contributed by atoms with van der Waals surface area (Å²) < 4.78 is 40.6. The van der Waals surface area contributed by atoms with Crippen molar-refractivity contribution in [1.82, 2.24) is 29.0 Å². The summed E-state index contributed by atoms with van der Waals surface area (Å²) >= 11 is 1.39. The SMILES string of the molecule is CCn1c(CSc2nnc(-c3ccncc3)o2)nc2cc(S(=O)(=O)N3CCOCC3)ccc21. The Morgan fingerprint density at radius 2 is 1.88 bits per heavy atom. The Kier molecular flexibility index (Phi) is 6.15. The van der Waals surface area contributed by atoms with E-state index >= 15 is 0 Å². The molecule has 0 spiro atoms. The molecule has 1 saturated heterocycles. The van der Waals surface area contributed by atoms with Gasteiger partial charge in [-0.25, -0.2) is 13.4 Å². The highest BCUT2D eigenvalue weighted by molar-refractivity contribution is 7.98. The van der Waals surface area contributed by atoms with E-state index in [1.54, 1.807) is 36.7 Å². The van der Waals surface area contributed by atoms with Gasteiger partial charge in [-0.3, -0.25) is 4.98 Å². The van der Waals surface area contributed by atoms with Crippen molar-refractivity contribution >= 4 is 32.8 Å². The number of sulfonamides is 1. The molecular weight excluding hydrogens is 464 g/mol. The van der Waals surface area contributed by atoms with Gasteiger partial charge in [0.2, 0.25) is 15.9 Å². The summed E-state index contributed by atoms with van der Waals surface area (Å²) in [5.74, 6) is 1.75. The highest BCUT2D eigenvalue weighted by atomic mass is 32.2. The monoisotopic (exact) mass is 486 g/mol. The predicted octanol–water partition coefficient (Wildman–Crippen LogP) is 2.81. The molecule has 1 aliphatic heterocycles. The first-order valence-corrected chi connectivity index (χ1v) is 12.9. The molecular formula is C21H22N6O4S2. The lowest BCUT2D eigenvalue weighted by Gasteiger charge is -2.26. The molecule has 3 aromatic heterocycles. The lowest BCUT2D eigenvalue weighted by atomic mass is 10.3. The number of morpholine rings is 1. The maximum absolute atomic E-state index is 13.0. The van der Waals surface area contributed by atoms with Gasteiger partial charge in [-0.15, -0.1) is 10.2 Å². The third-order valence-electron chi connectivity index (χ3n) is 5.38. The molecule has 0 amide bonds. The average molecular weight is 487 g/mol. The molecule has 0 bridgehead atoms. The van der Waals surface area contributed by atoms with Gasteiger partial charge in [-0.1, -0.05) is 11.8 Å². The topological polar surface area (TPSA) is 116 Å². The zero-order chi connectivity index (χ0) is 22.8. The van der Waals surface area contributed by atoms with Crippen LogP contribution >= 0.6 is 11.8 Å². The first-order valence-electron chi connectivity index (χ1n) is 10.5. The Morgan fingerprint density at radius 1 is 1.09 bits per heavy atom. The molecule has 1 aliphatic rings. The fraction of sp³-hybridized carbons (Fsp3) is 0.333. The number of fused-ring (bicyclic) bond motifs is 1. The molecule has 0 N–H and O–H groups in total. The number of pyridine rings is 1. The van der Waals surface area contributed by atoms with E-state index in [0.717, 1.165) is 16.9 Å². The number of aryl methyl sites for hydroxylation is 1. The van der Waals surface area contributed by atoms with Gasteiger partial charge in [0, 0.05) is 37.6 Å². The molecule has 0 aliphatic carbocycles. The first kappa shape index (κ1) is 22.0. The van der Waals surface area contributed by atoms with Gasteiger partial charge in [-0.2, -0.15) is 4.31 Å². The molecule has 1 fully saturated rings. The Hall–Kier alpha value is -2.80. The third kappa shape index (κ3) is 4.38. The quantitative estimate of drug-likeness (QED) is 0.364. The number of benzene rings is 1. The van der Waals surface area contributed by atoms with Crippen LogP contribution in [0.15, 0.2) is 57.3 Å². The molecule has 4 aromatic rings. The standard InChI is InChI=1S/C21H22N6O4S2/c1-2-27-18-4-3-16(33(28,29)26-9-11-30-12-10-26)13-17(18)23-19(27)14-32-21-25-24-20(31-21)15-5-7-22-8-6-15/h3-8,13H,2,9-12,14H2,1H3. The van der Waals surface area contributed by atoms with E-state index in [2.05, 4.69) is 19.7 Å². The second-order valence-corrected chi connectivity index (χ2v) is 10.2. The Labute approximate surface area is 195 Å². The van der Waals surface area contributed by atoms with Gasteiger partial charge in [0.15, 0.2) is 0 Å². The number of imidazole rings is 1. The second-order valence-electron chi connectivity index (χ2n) is 7.34. The van der Waals surface area contributed by atoms with E-state index in [9.17, 15) is 8.42 Å². The Bertz CT molecular complexity index is 1360. The van der Waals surface area contributed by atoms with Gasteiger partial charge >= 0.3 is 0 Å². The van der Waals surface area contributed by atoms with Crippen molar-refractivity contribution in [1.29, 1.82) is 0 Å². The molecule has 172 valence electrons. The molecule has 0 saturated carbocycles. The van der Waals surface area contributed by atoms with E-state index in [-0.39, 0.29) is 4.90 Å². The van der Waals surface area contributed by atoms with E-state index in [1.807, 2.05) is 13.0 Å². The number of aromatic nitrogens is 5. The van der Waals surface area contributed by atoms with E-state index in [1.165, 1.54) is 16.1 Å². The summed E-state index contributed by atoms with van der Waals surface area (Å²) in [5, 5.41) is 8.64. The molecule has 0 unspecified atom stereocenters. The predicted molar refractivity (Wildman–Crippen MR) is 122 cm³/mol. The van der Waals surface area contributed by atoms with Crippen LogP contribution in [-0.2, 0) is 27.1 Å². The minimum Gasteiger partial charge on any atom is -0.411 e. The van der Waals surface area contributed by atoms with Crippen molar-refractivity contribution < 1.29 is 17.6 Å². The molecule has 0 radical (unpaired) electrons. The largest absolute Gasteiger partial charge is 0.411 e. The Morgan fingerprint density at radius 3 is 2.64 bits per heavy atom. The van der Waals surface area contributed by atoms with Crippen LogP contribution in [-0.4, -0.2) is 63.8 Å². The van der Waals surface area contributed by atoms with Crippen molar-refractivity contribution in [2.75, 3.05) is 26.3 Å². The maximum atomic E-state index is 13.0. The second kappa shape index (κ2) is 9.21. The summed E-state index contributed by atoms with van der Waals surface area (Å²) in [4.78, 5) is 8.95. The number of hydrogen-bond acceptors (Lipinski definition) is 9. The summed E-state index contributed by atoms with van der Waals surface area (Å²) in [7, 11) is -3.58. The number of thioether (sulfide) groups is 1. The van der Waals surface area contributed by atoms with Gasteiger partial charge in [0.25, 0.3) is 5.22 Å². The summed E-state index contributed by atoms with van der Waals surface area (Å²) in [5.41, 5.74) is 2.33. The smallest absolute Gasteiger partial charge is 0.277 e. The van der Waals surface area contributed by atoms with Crippen molar-refractivity contribution in [3.8, 4) is 11.5 Å². The average Bonchev–Trinajstić information content (AvgIpc) is 3.47. The van der Waals surface area contributed by atoms with E-state index < -0.39 is 10.0 Å². The van der Waals surface area contributed by atoms with Crippen LogP contribution < -0.4 is 0 Å². The lowest BCUT2D eigenvalue weighted by Crippen LogP contribution is -2.40. The minimum absolute atomic E-state index is 0.246. The zero-order valence-electron chi connectivity index (χ0n) is 17.9. The number of rotatable bonds is 7. The number of ether oxygens (including phenoxy) is 1. The van der Waals surface area contributed by atoms with Crippen LogP contribution in [0.5, 0.6) is 0 Å². The highest BCUT2D eigenvalue weighted by Crippen LogP contribution is 2.28. The van der Waals surface area contributed by atoms with Crippen LogP contribution in [0.4, 0.5) is 0 Å². The van der Waals surface area contributed by atoms with Crippen LogP contribution in [0.25, 0.3) is 22.5 Å². The van der Waals surface area contributed by atoms with E-state index in [4.69, 9.17) is 14.1 Å². The summed E-state index contributed by atoms with van der Waals surface area (Å²) in [6.45, 7) is 4.27. The fourth-order valence-electron chi connectivity index (χ4n) is 3.72. The van der Waals surface area contributed by atoms with Gasteiger partial charge < -0.3 is 13.7 Å². The molecule has 0 atom stereocenters. The van der Waals surface area contributed by atoms with Gasteiger partial charge in [0.05, 0.1) is 34.9 Å². The summed E-state index contributed by atoms with van der Waals surface area (Å²) in [6, 6.07) is 8.73. The van der Waals surface area contributed by atoms with Crippen molar-refractivity contribution in [2.24, 2.45) is 0 Å².